The third kappa shape index (κ3) is 4.18. The van der Waals surface area contributed by atoms with E-state index in [-0.39, 0.29) is 17.0 Å². The molecule has 5 aromatic rings. The van der Waals surface area contributed by atoms with Crippen molar-refractivity contribution in [1.29, 1.82) is 0 Å². The molecular formula is C26H22ClN5O2. The van der Waals surface area contributed by atoms with E-state index in [0.29, 0.717) is 29.1 Å². The van der Waals surface area contributed by atoms with E-state index in [1.54, 1.807) is 10.6 Å². The number of nitrogens with one attached hydrogen (secondary N) is 1. The van der Waals surface area contributed by atoms with Gasteiger partial charge in [-0.15, -0.1) is 5.10 Å². The highest BCUT2D eigenvalue weighted by atomic mass is 35.5. The average Bonchev–Trinajstić information content (AvgIpc) is 3.26. The zero-order valence-corrected chi connectivity index (χ0v) is 19.5. The number of hydrogen-bond acceptors (Lipinski definition) is 4. The number of halogens is 1. The van der Waals surface area contributed by atoms with E-state index in [4.69, 9.17) is 11.6 Å². The van der Waals surface area contributed by atoms with Gasteiger partial charge in [0.25, 0.3) is 11.5 Å². The molecular weight excluding hydrogens is 450 g/mol. The van der Waals surface area contributed by atoms with Crippen LogP contribution in [0.4, 0.5) is 0 Å². The van der Waals surface area contributed by atoms with Crippen LogP contribution in [0.2, 0.25) is 5.02 Å². The number of benzene rings is 3. The zero-order valence-electron chi connectivity index (χ0n) is 18.7. The second kappa shape index (κ2) is 8.76. The Kier molecular flexibility index (Phi) is 5.63. The first-order valence-corrected chi connectivity index (χ1v) is 11.2. The van der Waals surface area contributed by atoms with Crippen LogP contribution in [-0.4, -0.2) is 25.1 Å². The second-order valence-electron chi connectivity index (χ2n) is 8.36. The van der Waals surface area contributed by atoms with Gasteiger partial charge in [0.1, 0.15) is 0 Å². The number of aromatic nitrogens is 4. The molecule has 34 heavy (non-hydrogen) atoms. The van der Waals surface area contributed by atoms with Gasteiger partial charge < -0.3 is 5.32 Å². The van der Waals surface area contributed by atoms with Crippen molar-refractivity contribution in [2.75, 3.05) is 0 Å². The number of aryl methyl sites for hydroxylation is 2. The Bertz CT molecular complexity index is 1620. The van der Waals surface area contributed by atoms with E-state index in [9.17, 15) is 9.59 Å². The van der Waals surface area contributed by atoms with Crippen molar-refractivity contribution >= 4 is 34.2 Å². The predicted molar refractivity (Wildman–Crippen MR) is 132 cm³/mol. The molecule has 7 nitrogen and oxygen atoms in total. The summed E-state index contributed by atoms with van der Waals surface area (Å²) in [5.41, 5.74) is 5.13. The molecule has 0 spiro atoms. The maximum Gasteiger partial charge on any atom is 0.296 e. The van der Waals surface area contributed by atoms with E-state index in [1.807, 2.05) is 74.5 Å². The molecule has 8 heteroatoms. The maximum absolute atomic E-state index is 13.5. The number of nitrogens with zero attached hydrogens (tertiary/aromatic N) is 4. The maximum atomic E-state index is 13.5. The van der Waals surface area contributed by atoms with Crippen LogP contribution in [0.5, 0.6) is 0 Å². The molecule has 3 aromatic carbocycles. The first kappa shape index (κ1) is 21.9. The van der Waals surface area contributed by atoms with E-state index >= 15 is 0 Å². The quantitative estimate of drug-likeness (QED) is 0.414. The molecule has 0 fully saturated rings. The molecule has 1 amide bonds. The number of hydrogen-bond donors (Lipinski definition) is 1. The Hall–Kier alpha value is -3.97. The van der Waals surface area contributed by atoms with Gasteiger partial charge in [-0.2, -0.15) is 4.98 Å². The average molecular weight is 472 g/mol. The first-order valence-electron chi connectivity index (χ1n) is 10.9. The normalized spacial score (nSPS) is 11.3. The van der Waals surface area contributed by atoms with Crippen molar-refractivity contribution in [2.24, 2.45) is 0 Å². The summed E-state index contributed by atoms with van der Waals surface area (Å²) < 4.78 is 3.10. The van der Waals surface area contributed by atoms with Crippen molar-refractivity contribution in [2.45, 2.75) is 26.9 Å². The molecule has 0 aliphatic carbocycles. The van der Waals surface area contributed by atoms with Crippen LogP contribution in [0, 0.1) is 13.8 Å². The van der Waals surface area contributed by atoms with Gasteiger partial charge in [0.2, 0.25) is 11.5 Å². The summed E-state index contributed by atoms with van der Waals surface area (Å²) in [4.78, 5) is 30.6. The molecule has 0 saturated heterocycles. The smallest absolute Gasteiger partial charge is 0.296 e. The molecule has 0 unspecified atom stereocenters. The van der Waals surface area contributed by atoms with Crippen molar-refractivity contribution in [3.63, 3.8) is 0 Å². The van der Waals surface area contributed by atoms with Gasteiger partial charge in [0, 0.05) is 11.6 Å². The van der Waals surface area contributed by atoms with Crippen LogP contribution >= 0.6 is 11.6 Å². The van der Waals surface area contributed by atoms with Crippen molar-refractivity contribution in [1.82, 2.24) is 24.5 Å². The lowest BCUT2D eigenvalue weighted by Gasteiger charge is -2.12. The third-order valence-corrected chi connectivity index (χ3v) is 5.90. The van der Waals surface area contributed by atoms with Gasteiger partial charge in [-0.1, -0.05) is 59.6 Å². The topological polar surface area (TPSA) is 81.3 Å². The lowest BCUT2D eigenvalue weighted by Crippen LogP contribution is -2.24. The highest BCUT2D eigenvalue weighted by Crippen LogP contribution is 2.18. The largest absolute Gasteiger partial charge is 0.345 e. The van der Waals surface area contributed by atoms with Gasteiger partial charge in [-0.05, 0) is 54.8 Å². The highest BCUT2D eigenvalue weighted by molar-refractivity contribution is 6.30. The molecule has 170 valence electrons. The fourth-order valence-corrected chi connectivity index (χ4v) is 4.24. The minimum absolute atomic E-state index is 0.0490. The first-order chi connectivity index (χ1) is 16.4. The Labute approximate surface area is 200 Å². The van der Waals surface area contributed by atoms with Crippen molar-refractivity contribution < 1.29 is 4.79 Å². The lowest BCUT2D eigenvalue weighted by molar-refractivity contribution is 0.0941. The predicted octanol–water partition coefficient (Wildman–Crippen LogP) is 4.29. The van der Waals surface area contributed by atoms with Gasteiger partial charge in [0.15, 0.2) is 0 Å². The Morgan fingerprint density at radius 3 is 2.50 bits per heavy atom. The summed E-state index contributed by atoms with van der Waals surface area (Å²) in [5, 5.41) is 7.82. The standard InChI is InChI=1S/C26H22ClN5O2/c1-16-5-3-6-18(11-16)14-28-25(33)23-29-24-26(34)31(15-19-7-4-8-20(27)13-19)22-12-17(2)9-10-21(22)32(24)30-23/h3-13H,14-15H2,1-2H3,(H,28,33). The van der Waals surface area contributed by atoms with Gasteiger partial charge in [-0.3, -0.25) is 14.2 Å². The molecule has 0 bridgehead atoms. The summed E-state index contributed by atoms with van der Waals surface area (Å²) in [6.45, 7) is 4.62. The van der Waals surface area contributed by atoms with Crippen LogP contribution in [0.1, 0.15) is 32.9 Å². The molecule has 0 saturated carbocycles. The number of carbonyl (C=O) groups excluding carboxylic acids is 1. The van der Waals surface area contributed by atoms with Crippen molar-refractivity contribution in [3.05, 3.63) is 110 Å². The molecule has 0 aliphatic rings. The minimum atomic E-state index is -0.439. The van der Waals surface area contributed by atoms with E-state index in [2.05, 4.69) is 15.4 Å². The minimum Gasteiger partial charge on any atom is -0.345 e. The van der Waals surface area contributed by atoms with Crippen LogP contribution in [0.3, 0.4) is 0 Å². The molecule has 2 aromatic heterocycles. The summed E-state index contributed by atoms with van der Waals surface area (Å²) in [6, 6.07) is 21.0. The monoisotopic (exact) mass is 471 g/mol. The summed E-state index contributed by atoms with van der Waals surface area (Å²) in [6.07, 6.45) is 0. The molecule has 5 rings (SSSR count). The fourth-order valence-electron chi connectivity index (χ4n) is 4.03. The second-order valence-corrected chi connectivity index (χ2v) is 8.79. The third-order valence-electron chi connectivity index (χ3n) is 5.66. The summed E-state index contributed by atoms with van der Waals surface area (Å²) in [7, 11) is 0. The van der Waals surface area contributed by atoms with Gasteiger partial charge in [-0.25, -0.2) is 4.52 Å². The number of amides is 1. The fraction of sp³-hybridized carbons (Fsp3) is 0.154. The number of rotatable bonds is 5. The zero-order chi connectivity index (χ0) is 23.8. The van der Waals surface area contributed by atoms with E-state index in [1.165, 1.54) is 4.52 Å². The van der Waals surface area contributed by atoms with E-state index < -0.39 is 5.91 Å². The van der Waals surface area contributed by atoms with Gasteiger partial charge >= 0.3 is 0 Å². The van der Waals surface area contributed by atoms with Crippen LogP contribution in [-0.2, 0) is 13.1 Å². The van der Waals surface area contributed by atoms with Crippen LogP contribution < -0.4 is 10.9 Å². The highest BCUT2D eigenvalue weighted by Gasteiger charge is 2.19. The van der Waals surface area contributed by atoms with Crippen LogP contribution in [0.15, 0.2) is 71.5 Å². The Balaban J connectivity index is 1.57. The Morgan fingerprint density at radius 2 is 1.71 bits per heavy atom. The van der Waals surface area contributed by atoms with Gasteiger partial charge in [0.05, 0.1) is 17.6 Å². The molecule has 2 heterocycles. The van der Waals surface area contributed by atoms with E-state index in [0.717, 1.165) is 22.3 Å². The number of fused-ring (bicyclic) bond motifs is 3. The molecule has 0 radical (unpaired) electrons. The lowest BCUT2D eigenvalue weighted by atomic mass is 10.1. The molecule has 1 N–H and O–H groups in total. The Morgan fingerprint density at radius 1 is 0.941 bits per heavy atom. The molecule has 0 atom stereocenters. The SMILES string of the molecule is Cc1cccc(CNC(=O)c2nc3c(=O)n(Cc4cccc(Cl)c4)c4cc(C)ccc4n3n2)c1. The van der Waals surface area contributed by atoms with Crippen molar-refractivity contribution in [3.8, 4) is 0 Å². The summed E-state index contributed by atoms with van der Waals surface area (Å²) in [5.74, 6) is -0.488. The molecule has 0 aliphatic heterocycles. The van der Waals surface area contributed by atoms with Crippen LogP contribution in [0.25, 0.3) is 16.7 Å². The summed E-state index contributed by atoms with van der Waals surface area (Å²) >= 11 is 6.15. The number of carbonyl (C=O) groups is 1.